The van der Waals surface area contributed by atoms with Crippen molar-refractivity contribution in [2.75, 3.05) is 13.1 Å². The molecule has 1 aliphatic rings. The molecule has 0 aliphatic carbocycles. The van der Waals surface area contributed by atoms with Crippen molar-refractivity contribution in [3.05, 3.63) is 24.7 Å². The highest BCUT2D eigenvalue weighted by atomic mass is 19.1. The molecule has 2 N–H and O–H groups in total. The van der Waals surface area contributed by atoms with Crippen LogP contribution in [0.4, 0.5) is 4.39 Å². The lowest BCUT2D eigenvalue weighted by Crippen LogP contribution is -2.42. The monoisotopic (exact) mass is 170 g/mol. The second-order valence-corrected chi connectivity index (χ2v) is 3.20. The van der Waals surface area contributed by atoms with E-state index in [2.05, 4.69) is 13.2 Å². The van der Waals surface area contributed by atoms with Gasteiger partial charge in [-0.25, -0.2) is 4.39 Å². The summed E-state index contributed by atoms with van der Waals surface area (Å²) in [6.45, 7) is 8.35. The lowest BCUT2D eigenvalue weighted by molar-refractivity contribution is 0.257. The fraction of sp³-hybridized carbons (Fsp3) is 0.556. The van der Waals surface area contributed by atoms with Crippen LogP contribution in [0.3, 0.4) is 0 Å². The summed E-state index contributed by atoms with van der Waals surface area (Å²) in [4.78, 5) is 1.86. The van der Waals surface area contributed by atoms with E-state index >= 15 is 0 Å². The van der Waals surface area contributed by atoms with Gasteiger partial charge in [0.1, 0.15) is 5.83 Å². The van der Waals surface area contributed by atoms with Gasteiger partial charge in [-0.15, -0.1) is 0 Å². The third-order valence-corrected chi connectivity index (χ3v) is 2.15. The first-order chi connectivity index (χ1) is 5.61. The molecule has 1 rings (SSSR count). The highest BCUT2D eigenvalue weighted by Crippen LogP contribution is 2.18. The summed E-state index contributed by atoms with van der Waals surface area (Å²) in [7, 11) is 0. The Hall–Kier alpha value is -0.830. The average Bonchev–Trinajstić information content (AvgIpc) is 2.03. The maximum absolute atomic E-state index is 12.6. The van der Waals surface area contributed by atoms with Gasteiger partial charge in [-0.1, -0.05) is 13.2 Å². The number of hydrogen-bond acceptors (Lipinski definition) is 2. The Morgan fingerprint density at radius 2 is 2.17 bits per heavy atom. The van der Waals surface area contributed by atoms with Gasteiger partial charge in [0.2, 0.25) is 0 Å². The molecule has 3 heteroatoms. The van der Waals surface area contributed by atoms with E-state index in [1.165, 1.54) is 0 Å². The zero-order valence-electron chi connectivity index (χ0n) is 7.22. The van der Waals surface area contributed by atoms with Gasteiger partial charge in [0, 0.05) is 19.1 Å². The third-order valence-electron chi connectivity index (χ3n) is 2.15. The van der Waals surface area contributed by atoms with Crippen LogP contribution < -0.4 is 5.73 Å². The van der Waals surface area contributed by atoms with Crippen LogP contribution in [-0.4, -0.2) is 24.0 Å². The summed E-state index contributed by atoms with van der Waals surface area (Å²) in [5.74, 6) is -0.455. The Kier molecular flexibility index (Phi) is 2.87. The van der Waals surface area contributed by atoms with Crippen LogP contribution in [0.1, 0.15) is 12.8 Å². The molecule has 1 saturated heterocycles. The number of halogens is 1. The van der Waals surface area contributed by atoms with Crippen LogP contribution in [0.2, 0.25) is 0 Å². The van der Waals surface area contributed by atoms with E-state index in [1.54, 1.807) is 0 Å². The number of allylic oxidation sites excluding steroid dienone is 1. The van der Waals surface area contributed by atoms with Crippen LogP contribution in [-0.2, 0) is 0 Å². The first-order valence-electron chi connectivity index (χ1n) is 4.15. The number of nitrogens with zero attached hydrogens (tertiary/aromatic N) is 1. The van der Waals surface area contributed by atoms with Crippen molar-refractivity contribution < 1.29 is 4.39 Å². The van der Waals surface area contributed by atoms with Crippen molar-refractivity contribution in [3.63, 3.8) is 0 Å². The van der Waals surface area contributed by atoms with Crippen molar-refractivity contribution in [1.82, 2.24) is 4.90 Å². The fourth-order valence-corrected chi connectivity index (χ4v) is 1.43. The van der Waals surface area contributed by atoms with Crippen LogP contribution >= 0.6 is 0 Å². The van der Waals surface area contributed by atoms with Crippen molar-refractivity contribution >= 4 is 0 Å². The zero-order chi connectivity index (χ0) is 9.14. The van der Waals surface area contributed by atoms with Crippen LogP contribution in [0.25, 0.3) is 0 Å². The van der Waals surface area contributed by atoms with E-state index in [1.807, 2.05) is 4.90 Å². The summed E-state index contributed by atoms with van der Waals surface area (Å²) >= 11 is 0. The van der Waals surface area contributed by atoms with E-state index in [9.17, 15) is 4.39 Å². The number of hydrogen-bond donors (Lipinski definition) is 1. The lowest BCUT2D eigenvalue weighted by atomic mass is 10.1. The zero-order valence-corrected chi connectivity index (χ0v) is 7.22. The van der Waals surface area contributed by atoms with Crippen molar-refractivity contribution in [3.8, 4) is 0 Å². The van der Waals surface area contributed by atoms with Crippen LogP contribution in [0.15, 0.2) is 24.7 Å². The summed E-state index contributed by atoms with van der Waals surface area (Å²) in [5.41, 5.74) is 6.11. The Balaban J connectivity index is 2.51. The molecule has 1 unspecified atom stereocenters. The van der Waals surface area contributed by atoms with E-state index in [-0.39, 0.29) is 6.04 Å². The lowest BCUT2D eigenvalue weighted by Gasteiger charge is -2.33. The maximum atomic E-state index is 12.6. The normalized spacial score (nSPS) is 23.8. The van der Waals surface area contributed by atoms with E-state index in [4.69, 9.17) is 5.73 Å². The van der Waals surface area contributed by atoms with Gasteiger partial charge < -0.3 is 10.6 Å². The maximum Gasteiger partial charge on any atom is 0.138 e. The number of piperidine rings is 1. The van der Waals surface area contributed by atoms with Crippen LogP contribution in [0, 0.1) is 0 Å². The number of likely N-dealkylation sites (tertiary alicyclic amines) is 1. The summed E-state index contributed by atoms with van der Waals surface area (Å²) in [5, 5.41) is 0. The molecule has 1 atom stereocenters. The molecule has 0 aromatic carbocycles. The first kappa shape index (κ1) is 9.26. The summed E-state index contributed by atoms with van der Waals surface area (Å²) in [6, 6.07) is 0.148. The van der Waals surface area contributed by atoms with Gasteiger partial charge >= 0.3 is 0 Å². The molecule has 0 radical (unpaired) electrons. The van der Waals surface area contributed by atoms with E-state index in [0.717, 1.165) is 19.4 Å². The molecule has 0 aromatic heterocycles. The van der Waals surface area contributed by atoms with Gasteiger partial charge in [0.25, 0.3) is 0 Å². The quantitative estimate of drug-likeness (QED) is 0.635. The Labute approximate surface area is 72.5 Å². The topological polar surface area (TPSA) is 29.3 Å². The second-order valence-electron chi connectivity index (χ2n) is 3.20. The largest absolute Gasteiger partial charge is 0.368 e. The third kappa shape index (κ3) is 2.08. The van der Waals surface area contributed by atoms with Crippen molar-refractivity contribution in [2.24, 2.45) is 5.73 Å². The van der Waals surface area contributed by atoms with Gasteiger partial charge in [-0.05, 0) is 12.8 Å². The highest BCUT2D eigenvalue weighted by molar-refractivity contribution is 5.17. The minimum absolute atomic E-state index is 0.148. The molecule has 12 heavy (non-hydrogen) atoms. The minimum Gasteiger partial charge on any atom is -0.368 e. The van der Waals surface area contributed by atoms with Gasteiger partial charge in [-0.2, -0.15) is 0 Å². The molecule has 1 aliphatic heterocycles. The molecular weight excluding hydrogens is 155 g/mol. The smallest absolute Gasteiger partial charge is 0.138 e. The molecule has 0 saturated carbocycles. The standard InChI is InChI=1S/C9H15FN2/c1-7(10)8(2)12-5-3-4-9(11)6-12/h9H,1-6,11H2. The minimum atomic E-state index is -0.455. The number of nitrogens with two attached hydrogens (primary N) is 1. The molecule has 1 fully saturated rings. The fourth-order valence-electron chi connectivity index (χ4n) is 1.43. The first-order valence-corrected chi connectivity index (χ1v) is 4.15. The van der Waals surface area contributed by atoms with Crippen molar-refractivity contribution in [1.29, 1.82) is 0 Å². The average molecular weight is 170 g/mol. The predicted molar refractivity (Wildman–Crippen MR) is 48.2 cm³/mol. The van der Waals surface area contributed by atoms with E-state index in [0.29, 0.717) is 12.2 Å². The van der Waals surface area contributed by atoms with Gasteiger partial charge in [0.15, 0.2) is 0 Å². The summed E-state index contributed by atoms with van der Waals surface area (Å²) < 4.78 is 12.6. The molecule has 0 bridgehead atoms. The van der Waals surface area contributed by atoms with Crippen molar-refractivity contribution in [2.45, 2.75) is 18.9 Å². The van der Waals surface area contributed by atoms with Crippen LogP contribution in [0.5, 0.6) is 0 Å². The molecule has 2 nitrogen and oxygen atoms in total. The molecular formula is C9H15FN2. The molecule has 0 aromatic rings. The molecule has 0 amide bonds. The summed E-state index contributed by atoms with van der Waals surface area (Å²) in [6.07, 6.45) is 2.02. The Morgan fingerprint density at radius 1 is 1.50 bits per heavy atom. The highest BCUT2D eigenvalue weighted by Gasteiger charge is 2.18. The number of rotatable bonds is 2. The van der Waals surface area contributed by atoms with E-state index < -0.39 is 5.83 Å². The predicted octanol–water partition coefficient (Wildman–Crippen LogP) is 1.41. The molecule has 0 spiro atoms. The molecule has 1 heterocycles. The SMILES string of the molecule is C=C(F)C(=C)N1CCCC(N)C1. The molecule has 68 valence electrons. The second kappa shape index (κ2) is 3.72. The Bertz CT molecular complexity index is 201. The Morgan fingerprint density at radius 3 is 2.67 bits per heavy atom. The van der Waals surface area contributed by atoms with Gasteiger partial charge in [-0.3, -0.25) is 0 Å². The van der Waals surface area contributed by atoms with Gasteiger partial charge in [0.05, 0.1) is 5.70 Å².